The number of nitrogens with zero attached hydrogens (tertiary/aromatic N) is 3. The van der Waals surface area contributed by atoms with Crippen LogP contribution in [-0.4, -0.2) is 75.6 Å². The van der Waals surface area contributed by atoms with E-state index in [1.807, 2.05) is 12.1 Å². The Hall–Kier alpha value is -3.95. The van der Waals surface area contributed by atoms with Crippen molar-refractivity contribution in [1.29, 1.82) is 5.26 Å². The molecule has 3 fully saturated rings. The van der Waals surface area contributed by atoms with Crippen LogP contribution in [0.15, 0.2) is 47.4 Å². The lowest BCUT2D eigenvalue weighted by molar-refractivity contribution is -0.200. The highest BCUT2D eigenvalue weighted by Gasteiger charge is 2.50. The maximum Gasteiger partial charge on any atom is 0.406 e. The van der Waals surface area contributed by atoms with E-state index in [4.69, 9.17) is 19.9 Å². The van der Waals surface area contributed by atoms with Crippen molar-refractivity contribution in [2.75, 3.05) is 50.1 Å². The first-order chi connectivity index (χ1) is 21.9. The van der Waals surface area contributed by atoms with E-state index in [1.165, 1.54) is 22.8 Å². The van der Waals surface area contributed by atoms with E-state index < -0.39 is 22.7 Å². The summed E-state index contributed by atoms with van der Waals surface area (Å²) >= 11 is 0. The maximum absolute atomic E-state index is 13.7. The van der Waals surface area contributed by atoms with Crippen molar-refractivity contribution in [2.24, 2.45) is 10.6 Å². The second-order valence-electron chi connectivity index (χ2n) is 12.3. The van der Waals surface area contributed by atoms with E-state index in [9.17, 15) is 21.6 Å². The number of rotatable bonds is 9. The van der Waals surface area contributed by atoms with Gasteiger partial charge in [-0.15, -0.1) is 0 Å². The molecule has 4 N–H and O–H groups in total. The minimum atomic E-state index is -4.46. The molecule has 0 bridgehead atoms. The number of nitrogens with two attached hydrogens (primary N) is 1. The van der Waals surface area contributed by atoms with Crippen molar-refractivity contribution in [3.05, 3.63) is 48.2 Å². The Labute approximate surface area is 265 Å². The molecule has 46 heavy (non-hydrogen) atoms. The molecule has 3 aliphatic rings. The molecule has 1 aromatic heterocycles. The predicted octanol–water partition coefficient (Wildman–Crippen LogP) is 4.27. The quantitative estimate of drug-likeness (QED) is 0.291. The van der Waals surface area contributed by atoms with Crippen molar-refractivity contribution >= 4 is 32.3 Å². The minimum Gasteiger partial charge on any atom is -0.477 e. The van der Waals surface area contributed by atoms with Crippen LogP contribution in [-0.2, 0) is 21.3 Å². The van der Waals surface area contributed by atoms with Gasteiger partial charge in [-0.2, -0.15) is 18.4 Å². The van der Waals surface area contributed by atoms with E-state index in [0.29, 0.717) is 28.0 Å². The molecule has 0 radical (unpaired) electrons. The molecule has 0 atom stereocenters. The van der Waals surface area contributed by atoms with Gasteiger partial charge in [0.15, 0.2) is 6.61 Å². The van der Waals surface area contributed by atoms with Crippen LogP contribution < -0.4 is 20.5 Å². The molecule has 2 saturated heterocycles. The van der Waals surface area contributed by atoms with Crippen molar-refractivity contribution in [2.45, 2.75) is 55.4 Å². The standard InChI is InChI=1S/C32H35F3N6O4S/c33-32(34,35)19-41-24(3-2-13-38-28-11-10-25(46(37,42)43)16-30(28)45-14-12-36)15-26-27(4-1-5-29(26)41)39-22-6-8-23(9-7-22)40-17-31(18-40)20-44-21-31/h1,4-5,10-11,15-16,22-23,38-39H,6-9,13-14,17-21H2,(H2,37,42,43)/t22-,23+. The smallest absolute Gasteiger partial charge is 0.406 e. The number of benzene rings is 2. The summed E-state index contributed by atoms with van der Waals surface area (Å²) < 4.78 is 76.4. The minimum absolute atomic E-state index is 0.00465. The van der Waals surface area contributed by atoms with Gasteiger partial charge >= 0.3 is 6.18 Å². The first kappa shape index (κ1) is 32.0. The summed E-state index contributed by atoms with van der Waals surface area (Å²) in [6, 6.07) is 13.5. The number of hydrogen-bond acceptors (Lipinski definition) is 8. The van der Waals surface area contributed by atoms with Gasteiger partial charge in [0, 0.05) is 47.7 Å². The van der Waals surface area contributed by atoms with Crippen molar-refractivity contribution in [3.8, 4) is 23.7 Å². The SMILES string of the molecule is N#CCOc1cc(S(N)(=O)=O)ccc1NCC#Cc1cc2c(N[C@H]3CC[C@@H](N4CC5(COC5)C4)CC3)cccc2n1CC(F)(F)F. The third-order valence-corrected chi connectivity index (χ3v) is 9.82. The molecule has 244 valence electrons. The summed E-state index contributed by atoms with van der Waals surface area (Å²) in [5.41, 5.74) is 2.17. The van der Waals surface area contributed by atoms with Crippen molar-refractivity contribution < 1.29 is 31.1 Å². The fourth-order valence-electron chi connectivity index (χ4n) is 6.64. The predicted molar refractivity (Wildman–Crippen MR) is 167 cm³/mol. The van der Waals surface area contributed by atoms with Crippen molar-refractivity contribution in [3.63, 3.8) is 0 Å². The van der Waals surface area contributed by atoms with Gasteiger partial charge in [0.1, 0.15) is 18.4 Å². The first-order valence-corrected chi connectivity index (χ1v) is 16.6. The lowest BCUT2D eigenvalue weighted by Crippen LogP contribution is -2.68. The zero-order chi connectivity index (χ0) is 32.5. The van der Waals surface area contributed by atoms with Gasteiger partial charge in [-0.3, -0.25) is 4.90 Å². The molecule has 6 rings (SSSR count). The van der Waals surface area contributed by atoms with Gasteiger partial charge in [-0.1, -0.05) is 12.0 Å². The van der Waals surface area contributed by atoms with Crippen LogP contribution in [0.3, 0.4) is 0 Å². The monoisotopic (exact) mass is 656 g/mol. The largest absolute Gasteiger partial charge is 0.477 e. The Bertz CT molecular complexity index is 1800. The second-order valence-corrected chi connectivity index (χ2v) is 13.9. The maximum atomic E-state index is 13.7. The van der Waals surface area contributed by atoms with Crippen LogP contribution in [0.4, 0.5) is 24.5 Å². The number of nitrogens with one attached hydrogen (secondary N) is 2. The van der Waals surface area contributed by atoms with Gasteiger partial charge in [0.05, 0.1) is 41.6 Å². The number of nitriles is 1. The zero-order valence-corrected chi connectivity index (χ0v) is 25.9. The van der Waals surface area contributed by atoms with Gasteiger partial charge in [-0.25, -0.2) is 13.6 Å². The summed E-state index contributed by atoms with van der Waals surface area (Å²) in [4.78, 5) is 2.37. The van der Waals surface area contributed by atoms with E-state index in [-0.39, 0.29) is 35.5 Å². The number of aromatic nitrogens is 1. The molecule has 3 heterocycles. The molecule has 3 aromatic rings. The molecule has 10 nitrogen and oxygen atoms in total. The highest BCUT2D eigenvalue weighted by molar-refractivity contribution is 7.89. The normalized spacial score (nSPS) is 21.0. The number of alkyl halides is 3. The number of primary sulfonamides is 1. The number of halogens is 3. The number of anilines is 2. The van der Waals surface area contributed by atoms with E-state index >= 15 is 0 Å². The number of ether oxygens (including phenoxy) is 2. The molecule has 14 heteroatoms. The summed E-state index contributed by atoms with van der Waals surface area (Å²) in [6.45, 7) is 2.45. The summed E-state index contributed by atoms with van der Waals surface area (Å²) in [6.07, 6.45) is -0.321. The fourth-order valence-corrected chi connectivity index (χ4v) is 7.17. The second kappa shape index (κ2) is 12.7. The van der Waals surface area contributed by atoms with Crippen LogP contribution >= 0.6 is 0 Å². The van der Waals surface area contributed by atoms with Crippen LogP contribution in [0, 0.1) is 28.6 Å². The summed E-state index contributed by atoms with van der Waals surface area (Å²) in [5.74, 6) is 5.81. The topological polar surface area (TPSA) is 135 Å². The third-order valence-electron chi connectivity index (χ3n) is 8.91. The van der Waals surface area contributed by atoms with E-state index in [2.05, 4.69) is 27.4 Å². The molecule has 2 aliphatic heterocycles. The van der Waals surface area contributed by atoms with E-state index in [0.717, 1.165) is 57.7 Å². The highest BCUT2D eigenvalue weighted by Crippen LogP contribution is 2.41. The summed E-state index contributed by atoms with van der Waals surface area (Å²) in [7, 11) is -4.01. The van der Waals surface area contributed by atoms with Gasteiger partial charge in [0.25, 0.3) is 0 Å². The highest BCUT2D eigenvalue weighted by atomic mass is 32.2. The first-order valence-electron chi connectivity index (χ1n) is 15.1. The van der Waals surface area contributed by atoms with Crippen LogP contribution in [0.2, 0.25) is 0 Å². The molecule has 2 aromatic carbocycles. The van der Waals surface area contributed by atoms with Gasteiger partial charge < -0.3 is 24.7 Å². The average Bonchev–Trinajstić information content (AvgIpc) is 3.30. The lowest BCUT2D eigenvalue weighted by atomic mass is 9.75. The van der Waals surface area contributed by atoms with Crippen LogP contribution in [0.1, 0.15) is 31.4 Å². The Balaban J connectivity index is 1.16. The van der Waals surface area contributed by atoms with Gasteiger partial charge in [0.2, 0.25) is 10.0 Å². The van der Waals surface area contributed by atoms with Crippen LogP contribution in [0.5, 0.6) is 5.75 Å². The number of fused-ring (bicyclic) bond motifs is 1. The van der Waals surface area contributed by atoms with Gasteiger partial charge in [-0.05, 0) is 61.9 Å². The van der Waals surface area contributed by atoms with Crippen LogP contribution in [0.25, 0.3) is 10.9 Å². The number of hydrogen-bond donors (Lipinski definition) is 3. The Morgan fingerprint density at radius 1 is 1.09 bits per heavy atom. The molecular formula is C32H35F3N6O4S. The number of sulfonamides is 1. The Kier molecular flexibility index (Phi) is 8.83. The fraction of sp³-hybridized carbons (Fsp3) is 0.469. The number of likely N-dealkylation sites (tertiary alicyclic amines) is 1. The Morgan fingerprint density at radius 2 is 1.85 bits per heavy atom. The molecule has 0 unspecified atom stereocenters. The molecule has 0 amide bonds. The molecular weight excluding hydrogens is 621 g/mol. The average molecular weight is 657 g/mol. The van der Waals surface area contributed by atoms with Crippen molar-refractivity contribution in [1.82, 2.24) is 9.47 Å². The summed E-state index contributed by atoms with van der Waals surface area (Å²) in [5, 5.41) is 21.3. The third kappa shape index (κ3) is 7.05. The lowest BCUT2D eigenvalue weighted by Gasteiger charge is -2.58. The molecule has 1 saturated carbocycles. The molecule has 1 aliphatic carbocycles. The van der Waals surface area contributed by atoms with E-state index in [1.54, 1.807) is 18.2 Å². The zero-order valence-electron chi connectivity index (χ0n) is 25.1. The Morgan fingerprint density at radius 3 is 2.50 bits per heavy atom. The molecule has 1 spiro atoms.